The van der Waals surface area contributed by atoms with Gasteiger partial charge in [0.2, 0.25) is 0 Å². The predicted octanol–water partition coefficient (Wildman–Crippen LogP) is 12.2. The first-order valence-electron chi connectivity index (χ1n) is 17.1. The van der Waals surface area contributed by atoms with E-state index >= 15 is 0 Å². The molecule has 2 heterocycles. The SMILES string of the molecule is CC(C)c1cc(-c2ncnc3c2sc2cc(CC(C)(C)C)ccc23)[c-]c2cc(F)ccc12.CCC(CC)C(=O)/C=C(\O)C(CC)CC.[Ir]. The number of carbonyl (C=O) groups is 1. The van der Waals surface area contributed by atoms with Crippen LogP contribution in [0.2, 0.25) is 0 Å². The zero-order valence-corrected chi connectivity index (χ0v) is 33.0. The molecule has 0 saturated heterocycles. The zero-order chi connectivity index (χ0) is 34.5. The Hall–Kier alpha value is -2.99. The summed E-state index contributed by atoms with van der Waals surface area (Å²) < 4.78 is 16.3. The van der Waals surface area contributed by atoms with Gasteiger partial charge in [0.25, 0.3) is 0 Å². The average Bonchev–Trinajstić information content (AvgIpc) is 3.39. The maximum atomic E-state index is 14.0. The van der Waals surface area contributed by atoms with Crippen molar-refractivity contribution in [1.82, 2.24) is 9.97 Å². The summed E-state index contributed by atoms with van der Waals surface area (Å²) in [4.78, 5) is 21.0. The van der Waals surface area contributed by atoms with Crippen LogP contribution >= 0.6 is 11.3 Å². The second kappa shape index (κ2) is 17.1. The van der Waals surface area contributed by atoms with E-state index in [1.54, 1.807) is 23.7 Å². The summed E-state index contributed by atoms with van der Waals surface area (Å²) in [5.41, 5.74) is 5.46. The molecule has 48 heavy (non-hydrogen) atoms. The fourth-order valence-electron chi connectivity index (χ4n) is 6.20. The Morgan fingerprint density at radius 2 is 1.58 bits per heavy atom. The molecular weight excluding hydrogens is 796 g/mol. The van der Waals surface area contributed by atoms with Gasteiger partial charge < -0.3 is 5.11 Å². The van der Waals surface area contributed by atoms with Crippen molar-refractivity contribution >= 4 is 48.2 Å². The van der Waals surface area contributed by atoms with E-state index in [4.69, 9.17) is 0 Å². The molecule has 5 rings (SSSR count). The summed E-state index contributed by atoms with van der Waals surface area (Å²) in [6.07, 6.45) is 7.56. The normalized spacial score (nSPS) is 12.2. The molecule has 0 unspecified atom stereocenters. The number of benzene rings is 3. The van der Waals surface area contributed by atoms with Crippen molar-refractivity contribution in [2.45, 2.75) is 100 Å². The molecule has 3 aromatic carbocycles. The van der Waals surface area contributed by atoms with E-state index in [-0.39, 0.29) is 54.7 Å². The predicted molar refractivity (Wildman–Crippen MR) is 198 cm³/mol. The first-order valence-corrected chi connectivity index (χ1v) is 17.9. The maximum absolute atomic E-state index is 14.0. The van der Waals surface area contributed by atoms with E-state index < -0.39 is 0 Å². The maximum Gasteiger partial charge on any atom is 0.162 e. The second-order valence-corrected chi connectivity index (χ2v) is 15.1. The minimum Gasteiger partial charge on any atom is -0.512 e. The fraction of sp³-hybridized carbons (Fsp3) is 0.439. The molecule has 1 N–H and O–H groups in total. The number of hydrogen-bond donors (Lipinski definition) is 1. The molecule has 2 aromatic heterocycles. The van der Waals surface area contributed by atoms with Crippen molar-refractivity contribution in [1.29, 1.82) is 0 Å². The molecule has 5 aromatic rings. The van der Waals surface area contributed by atoms with Crippen LogP contribution in [-0.4, -0.2) is 20.9 Å². The van der Waals surface area contributed by atoms with Crippen LogP contribution in [0.15, 0.2) is 60.6 Å². The monoisotopic (exact) mass is 846 g/mol. The average molecular weight is 846 g/mol. The van der Waals surface area contributed by atoms with Crippen LogP contribution in [0.4, 0.5) is 4.39 Å². The summed E-state index contributed by atoms with van der Waals surface area (Å²) in [5.74, 6) is 0.601. The number of aromatic nitrogens is 2. The van der Waals surface area contributed by atoms with Gasteiger partial charge in [-0.1, -0.05) is 97.5 Å². The van der Waals surface area contributed by atoms with Crippen LogP contribution in [0.25, 0.3) is 42.3 Å². The molecule has 0 bridgehead atoms. The molecule has 0 amide bonds. The van der Waals surface area contributed by atoms with Gasteiger partial charge in [-0.25, -0.2) is 9.37 Å². The van der Waals surface area contributed by atoms with Crippen LogP contribution in [0.1, 0.15) is 105 Å². The van der Waals surface area contributed by atoms with Gasteiger partial charge in [-0.3, -0.25) is 9.78 Å². The van der Waals surface area contributed by atoms with Gasteiger partial charge in [0.15, 0.2) is 5.78 Å². The molecule has 0 fully saturated rings. The fourth-order valence-corrected chi connectivity index (χ4v) is 7.43. The van der Waals surface area contributed by atoms with Gasteiger partial charge in [-0.15, -0.1) is 34.4 Å². The number of allylic oxidation sites excluding steroid dienone is 2. The Bertz CT molecular complexity index is 1880. The summed E-state index contributed by atoms with van der Waals surface area (Å²) >= 11 is 1.73. The summed E-state index contributed by atoms with van der Waals surface area (Å²) in [6.45, 7) is 19.2. The van der Waals surface area contributed by atoms with E-state index in [9.17, 15) is 14.3 Å². The number of hydrogen-bond acceptors (Lipinski definition) is 5. The Morgan fingerprint density at radius 3 is 2.19 bits per heavy atom. The zero-order valence-electron chi connectivity index (χ0n) is 29.8. The number of nitrogens with zero attached hydrogens (tertiary/aromatic N) is 2. The van der Waals surface area contributed by atoms with E-state index in [1.165, 1.54) is 28.0 Å². The molecular formula is C41H50FIrN2O2S-. The smallest absolute Gasteiger partial charge is 0.162 e. The van der Waals surface area contributed by atoms with Crippen LogP contribution in [0.5, 0.6) is 0 Å². The number of carbonyl (C=O) groups excluding carboxylic acids is 1. The van der Waals surface area contributed by atoms with Crippen LogP contribution < -0.4 is 0 Å². The van der Waals surface area contributed by atoms with Crippen molar-refractivity contribution in [3.8, 4) is 11.3 Å². The standard InChI is InChI=1S/C28H26FN2S.C13H24O2.Ir/c1-16(2)23-13-19(11-18-12-20(29)7-9-21(18)23)25-27-26(31-15-30-25)22-8-6-17(10-24(22)32-27)14-28(3,4)5;1-5-10(6-2)12(14)9-13(15)11(7-3)8-4;/h6-10,12-13,15-16H,14H2,1-5H3;9-11,14H,5-8H2,1-4H3;/q-1;;/b;12-9-;. The molecule has 0 aliphatic rings. The molecule has 0 atom stereocenters. The Morgan fingerprint density at radius 1 is 0.938 bits per heavy atom. The molecule has 259 valence electrons. The van der Waals surface area contributed by atoms with Gasteiger partial charge in [0.05, 0.1) is 17.1 Å². The summed E-state index contributed by atoms with van der Waals surface area (Å²) in [7, 11) is 0. The van der Waals surface area contributed by atoms with Gasteiger partial charge in [0.1, 0.15) is 6.33 Å². The van der Waals surface area contributed by atoms with Crippen LogP contribution in [0.3, 0.4) is 0 Å². The van der Waals surface area contributed by atoms with Gasteiger partial charge >= 0.3 is 0 Å². The number of aliphatic hydroxyl groups is 1. The van der Waals surface area contributed by atoms with Gasteiger partial charge in [0, 0.05) is 58.5 Å². The van der Waals surface area contributed by atoms with Crippen molar-refractivity contribution in [3.63, 3.8) is 0 Å². The number of ketones is 1. The second-order valence-electron chi connectivity index (χ2n) is 14.1. The topological polar surface area (TPSA) is 63.1 Å². The molecule has 0 aliphatic heterocycles. The number of thiophene rings is 1. The minimum atomic E-state index is -0.248. The molecule has 0 aliphatic carbocycles. The van der Waals surface area contributed by atoms with Crippen molar-refractivity contribution in [2.75, 3.05) is 0 Å². The number of rotatable bonds is 10. The molecule has 0 saturated carbocycles. The van der Waals surface area contributed by atoms with E-state index in [1.807, 2.05) is 33.8 Å². The summed E-state index contributed by atoms with van der Waals surface area (Å²) in [5, 5.41) is 12.7. The van der Waals surface area contributed by atoms with Crippen molar-refractivity contribution in [2.24, 2.45) is 17.3 Å². The number of fused-ring (bicyclic) bond motifs is 4. The largest absolute Gasteiger partial charge is 0.512 e. The third kappa shape index (κ3) is 9.37. The first kappa shape index (κ1) is 39.4. The Balaban J connectivity index is 0.000000334. The van der Waals surface area contributed by atoms with Crippen LogP contribution in [-0.2, 0) is 31.3 Å². The van der Waals surface area contributed by atoms with Gasteiger partial charge in [-0.2, -0.15) is 0 Å². The quantitative estimate of drug-likeness (QED) is 0.0864. The van der Waals surface area contributed by atoms with Crippen LogP contribution in [0, 0.1) is 29.1 Å². The molecule has 4 nitrogen and oxygen atoms in total. The Labute approximate surface area is 303 Å². The molecule has 7 heteroatoms. The number of aliphatic hydroxyl groups excluding tert-OH is 1. The van der Waals surface area contributed by atoms with E-state index in [2.05, 4.69) is 74.9 Å². The third-order valence-corrected chi connectivity index (χ3v) is 10.0. The van der Waals surface area contributed by atoms with Crippen molar-refractivity contribution < 1.29 is 34.4 Å². The molecule has 0 spiro atoms. The third-order valence-electron chi connectivity index (χ3n) is 8.87. The Kier molecular flexibility index (Phi) is 14.0. The van der Waals surface area contributed by atoms with Crippen molar-refractivity contribution in [3.05, 3.63) is 83.6 Å². The minimum absolute atomic E-state index is 0. The first-order chi connectivity index (χ1) is 22.3. The van der Waals surface area contributed by atoms with E-state index in [0.717, 1.165) is 69.7 Å². The van der Waals surface area contributed by atoms with E-state index in [0.29, 0.717) is 5.92 Å². The molecule has 1 radical (unpaired) electrons. The summed E-state index contributed by atoms with van der Waals surface area (Å²) in [6, 6.07) is 17.2. The number of halogens is 1. The van der Waals surface area contributed by atoms with Gasteiger partial charge in [-0.05, 0) is 61.1 Å².